The maximum absolute atomic E-state index is 13.2. The minimum Gasteiger partial charge on any atom is -0.377 e. The molecule has 6 nitrogen and oxygen atoms in total. The summed E-state index contributed by atoms with van der Waals surface area (Å²) in [7, 11) is 0. The number of hydrogen-bond donors (Lipinski definition) is 2. The van der Waals surface area contributed by atoms with E-state index >= 15 is 0 Å². The number of aromatic nitrogens is 1. The summed E-state index contributed by atoms with van der Waals surface area (Å²) in [6.07, 6.45) is 6.34. The highest BCUT2D eigenvalue weighted by Gasteiger charge is 2.28. The van der Waals surface area contributed by atoms with Gasteiger partial charge in [-0.1, -0.05) is 46.1 Å². The fourth-order valence-corrected chi connectivity index (χ4v) is 5.49. The first kappa shape index (κ1) is 27.4. The Balaban J connectivity index is 1.76. The Morgan fingerprint density at radius 3 is 2.19 bits per heavy atom. The second kappa shape index (κ2) is 10.6. The molecule has 0 atom stereocenters. The van der Waals surface area contributed by atoms with Gasteiger partial charge in [-0.2, -0.15) is 0 Å². The van der Waals surface area contributed by atoms with Crippen LogP contribution >= 0.6 is 0 Å². The van der Waals surface area contributed by atoms with Gasteiger partial charge in [0, 0.05) is 29.0 Å². The molecule has 202 valence electrons. The quantitative estimate of drug-likeness (QED) is 0.504. The average Bonchev–Trinajstić information content (AvgIpc) is 3.11. The Hall–Kier alpha value is -2.60. The van der Waals surface area contributed by atoms with E-state index in [1.54, 1.807) is 0 Å². The van der Waals surface area contributed by atoms with Gasteiger partial charge in [-0.25, -0.2) is 0 Å². The number of rotatable bonds is 6. The number of ether oxygens (including phenoxy) is 1. The Kier molecular flexibility index (Phi) is 7.89. The van der Waals surface area contributed by atoms with Gasteiger partial charge in [0.15, 0.2) is 0 Å². The monoisotopic (exact) mass is 507 g/mol. The van der Waals surface area contributed by atoms with Gasteiger partial charge < -0.3 is 19.9 Å². The number of nitrogens with one attached hydrogen (secondary N) is 2. The average molecular weight is 508 g/mol. The van der Waals surface area contributed by atoms with Gasteiger partial charge in [-0.15, -0.1) is 0 Å². The van der Waals surface area contributed by atoms with Crippen molar-refractivity contribution in [1.82, 2.24) is 15.2 Å². The highest BCUT2D eigenvalue weighted by molar-refractivity contribution is 5.98. The molecule has 1 aromatic carbocycles. The van der Waals surface area contributed by atoms with Gasteiger partial charge in [0.1, 0.15) is 0 Å². The molecule has 0 unspecified atom stereocenters. The van der Waals surface area contributed by atoms with Crippen LogP contribution in [0.1, 0.15) is 106 Å². The standard InChI is InChI=1S/C31H45N3O3/c1-20-25(28(35)32-23-18-37-19-23)16-27(34(20)17-21-11-9-8-10-12-21)22-13-14-24(26(15-22)30(2,3)4)29(36)33-31(5,6)7/h13-16,21,23H,8-12,17-19H2,1-7H3,(H,32,35)(H,33,36). The lowest BCUT2D eigenvalue weighted by Crippen LogP contribution is -2.48. The van der Waals surface area contributed by atoms with Crippen molar-refractivity contribution in [3.05, 3.63) is 46.6 Å². The predicted octanol–water partition coefficient (Wildman–Crippen LogP) is 6.00. The molecule has 2 aromatic rings. The number of amides is 2. The van der Waals surface area contributed by atoms with Crippen LogP contribution in [-0.2, 0) is 16.7 Å². The Morgan fingerprint density at radius 1 is 0.946 bits per heavy atom. The lowest BCUT2D eigenvalue weighted by atomic mass is 9.82. The Bertz CT molecular complexity index is 1140. The Morgan fingerprint density at radius 2 is 1.62 bits per heavy atom. The van der Waals surface area contributed by atoms with Gasteiger partial charge in [0.05, 0.1) is 24.8 Å². The van der Waals surface area contributed by atoms with Gasteiger partial charge in [-0.05, 0) is 81.2 Å². The zero-order valence-electron chi connectivity index (χ0n) is 23.8. The highest BCUT2D eigenvalue weighted by atomic mass is 16.5. The van der Waals surface area contributed by atoms with Gasteiger partial charge in [-0.3, -0.25) is 9.59 Å². The van der Waals surface area contributed by atoms with Crippen molar-refractivity contribution in [2.24, 2.45) is 5.92 Å². The van der Waals surface area contributed by atoms with Crippen LogP contribution in [0.15, 0.2) is 24.3 Å². The summed E-state index contributed by atoms with van der Waals surface area (Å²) in [5, 5.41) is 6.24. The van der Waals surface area contributed by atoms with E-state index in [2.05, 4.69) is 49.0 Å². The molecule has 1 saturated carbocycles. The van der Waals surface area contributed by atoms with E-state index < -0.39 is 0 Å². The molecular formula is C31H45N3O3. The first-order valence-corrected chi connectivity index (χ1v) is 13.9. The zero-order valence-corrected chi connectivity index (χ0v) is 23.8. The normalized spacial score (nSPS) is 17.4. The largest absolute Gasteiger partial charge is 0.377 e. The van der Waals surface area contributed by atoms with Crippen molar-refractivity contribution in [1.29, 1.82) is 0 Å². The molecule has 1 aliphatic carbocycles. The molecule has 1 aromatic heterocycles. The molecule has 2 aliphatic rings. The van der Waals surface area contributed by atoms with Crippen molar-refractivity contribution in [2.75, 3.05) is 13.2 Å². The smallest absolute Gasteiger partial charge is 0.253 e. The molecule has 2 N–H and O–H groups in total. The van der Waals surface area contributed by atoms with Crippen LogP contribution in [0, 0.1) is 12.8 Å². The van der Waals surface area contributed by atoms with Crippen LogP contribution in [0.4, 0.5) is 0 Å². The summed E-state index contributed by atoms with van der Waals surface area (Å²) < 4.78 is 7.60. The molecule has 37 heavy (non-hydrogen) atoms. The van der Waals surface area contributed by atoms with Crippen LogP contribution < -0.4 is 10.6 Å². The number of hydrogen-bond acceptors (Lipinski definition) is 3. The molecular weight excluding hydrogens is 462 g/mol. The summed E-state index contributed by atoms with van der Waals surface area (Å²) in [5.74, 6) is 0.528. The summed E-state index contributed by atoms with van der Waals surface area (Å²) in [4.78, 5) is 26.4. The third-order valence-electron chi connectivity index (χ3n) is 7.61. The number of nitrogens with zero attached hydrogens (tertiary/aromatic N) is 1. The fourth-order valence-electron chi connectivity index (χ4n) is 5.49. The molecule has 2 fully saturated rings. The lowest BCUT2D eigenvalue weighted by Gasteiger charge is -2.27. The number of carbonyl (C=O) groups is 2. The minimum atomic E-state index is -0.315. The van der Waals surface area contributed by atoms with Gasteiger partial charge in [0.25, 0.3) is 11.8 Å². The summed E-state index contributed by atoms with van der Waals surface area (Å²) in [6.45, 7) is 16.6. The molecule has 6 heteroatoms. The third-order valence-corrected chi connectivity index (χ3v) is 7.61. The summed E-state index contributed by atoms with van der Waals surface area (Å²) in [5.41, 5.74) is 5.00. The third kappa shape index (κ3) is 6.46. The van der Waals surface area contributed by atoms with Crippen molar-refractivity contribution in [2.45, 2.75) is 104 Å². The summed E-state index contributed by atoms with van der Waals surface area (Å²) >= 11 is 0. The first-order chi connectivity index (χ1) is 17.3. The molecule has 4 rings (SSSR count). The van der Waals surface area contributed by atoms with E-state index in [0.717, 1.165) is 34.6 Å². The SMILES string of the molecule is Cc1c(C(=O)NC2COC2)cc(-c2ccc(C(=O)NC(C)(C)C)c(C(C)(C)C)c2)n1CC1CCCCC1. The summed E-state index contributed by atoms with van der Waals surface area (Å²) in [6, 6.07) is 8.29. The fraction of sp³-hybridized carbons (Fsp3) is 0.613. The van der Waals surface area contributed by atoms with Gasteiger partial charge >= 0.3 is 0 Å². The van der Waals surface area contributed by atoms with E-state index in [9.17, 15) is 9.59 Å². The van der Waals surface area contributed by atoms with Crippen molar-refractivity contribution in [3.8, 4) is 11.3 Å². The molecule has 1 saturated heterocycles. The van der Waals surface area contributed by atoms with Crippen LogP contribution in [0.25, 0.3) is 11.3 Å². The molecule has 0 bridgehead atoms. The lowest BCUT2D eigenvalue weighted by molar-refractivity contribution is -0.00347. The number of benzene rings is 1. The van der Waals surface area contributed by atoms with E-state index in [1.165, 1.54) is 32.1 Å². The van der Waals surface area contributed by atoms with Crippen LogP contribution in [-0.4, -0.2) is 41.2 Å². The van der Waals surface area contributed by atoms with Crippen LogP contribution in [0.5, 0.6) is 0 Å². The van der Waals surface area contributed by atoms with Crippen molar-refractivity contribution in [3.63, 3.8) is 0 Å². The Labute approximate surface area is 222 Å². The first-order valence-electron chi connectivity index (χ1n) is 13.9. The minimum absolute atomic E-state index is 0.0355. The van der Waals surface area contributed by atoms with Crippen LogP contribution in [0.3, 0.4) is 0 Å². The zero-order chi connectivity index (χ0) is 27.0. The van der Waals surface area contributed by atoms with Gasteiger partial charge in [0.2, 0.25) is 0 Å². The molecule has 0 radical (unpaired) electrons. The van der Waals surface area contributed by atoms with Crippen LogP contribution in [0.2, 0.25) is 0 Å². The highest BCUT2D eigenvalue weighted by Crippen LogP contribution is 2.35. The molecule has 2 heterocycles. The van der Waals surface area contributed by atoms with E-state index in [4.69, 9.17) is 4.74 Å². The maximum Gasteiger partial charge on any atom is 0.253 e. The molecule has 2 amide bonds. The topological polar surface area (TPSA) is 72.4 Å². The van der Waals surface area contributed by atoms with E-state index in [0.29, 0.717) is 24.7 Å². The second-order valence-corrected chi connectivity index (χ2v) is 13.1. The number of carbonyl (C=O) groups excluding carboxylic acids is 2. The molecule has 0 spiro atoms. The van der Waals surface area contributed by atoms with E-state index in [-0.39, 0.29) is 28.8 Å². The van der Waals surface area contributed by atoms with E-state index in [1.807, 2.05) is 39.0 Å². The van der Waals surface area contributed by atoms with Crippen molar-refractivity contribution >= 4 is 11.8 Å². The predicted molar refractivity (Wildman–Crippen MR) is 149 cm³/mol. The second-order valence-electron chi connectivity index (χ2n) is 13.1. The van der Waals surface area contributed by atoms with Crippen molar-refractivity contribution < 1.29 is 14.3 Å². The maximum atomic E-state index is 13.2. The molecule has 1 aliphatic heterocycles.